The molecule has 21 heavy (non-hydrogen) atoms. The number of anilines is 1. The van der Waals surface area contributed by atoms with Crippen LogP contribution in [0, 0.1) is 0 Å². The van der Waals surface area contributed by atoms with E-state index in [1.807, 2.05) is 41.3 Å². The Morgan fingerprint density at radius 1 is 1.29 bits per heavy atom. The summed E-state index contributed by atoms with van der Waals surface area (Å²) in [4.78, 5) is 8.76. The lowest BCUT2D eigenvalue weighted by Gasteiger charge is -2.25. The maximum atomic E-state index is 5.14. The lowest BCUT2D eigenvalue weighted by molar-refractivity contribution is -0.0293. The molecule has 2 aromatic heterocycles. The molecule has 1 fully saturated rings. The monoisotopic (exact) mass is 282 g/mol. The molecular formula is C14H14N6O. The molecular weight excluding hydrogens is 268 g/mol. The third-order valence-corrected chi connectivity index (χ3v) is 3.47. The number of hydrogen-bond acceptors (Lipinski definition) is 6. The van der Waals surface area contributed by atoms with Gasteiger partial charge in [0.1, 0.15) is 11.7 Å². The molecule has 0 unspecified atom stereocenters. The van der Waals surface area contributed by atoms with Crippen molar-refractivity contribution < 1.29 is 4.74 Å². The topological polar surface area (TPSA) is 77.8 Å². The SMILES string of the molecule is c1ccc2nc(NCc3cn(C4COC4)nn3)ncc2c1. The van der Waals surface area contributed by atoms with Crippen molar-refractivity contribution in [2.75, 3.05) is 18.5 Å². The van der Waals surface area contributed by atoms with Crippen LogP contribution in [0.25, 0.3) is 10.9 Å². The minimum Gasteiger partial charge on any atom is -0.377 e. The molecule has 1 N–H and O–H groups in total. The van der Waals surface area contributed by atoms with Crippen LogP contribution >= 0.6 is 0 Å². The standard InChI is InChI=1S/C14H14N6O/c1-2-4-13-10(3-1)5-15-14(17-13)16-6-11-7-20(19-18-11)12-8-21-9-12/h1-5,7,12H,6,8-9H2,(H,15,16,17). The average molecular weight is 282 g/mol. The summed E-state index contributed by atoms with van der Waals surface area (Å²) in [6, 6.07) is 8.22. The minimum absolute atomic E-state index is 0.322. The van der Waals surface area contributed by atoms with Crippen LogP contribution in [0.15, 0.2) is 36.7 Å². The summed E-state index contributed by atoms with van der Waals surface area (Å²) < 4.78 is 6.99. The highest BCUT2D eigenvalue weighted by molar-refractivity contribution is 5.78. The zero-order chi connectivity index (χ0) is 14.1. The van der Waals surface area contributed by atoms with Gasteiger partial charge in [0.05, 0.1) is 31.5 Å². The molecule has 1 saturated heterocycles. The molecule has 0 aliphatic carbocycles. The Morgan fingerprint density at radius 2 is 2.19 bits per heavy atom. The van der Waals surface area contributed by atoms with Gasteiger partial charge in [-0.25, -0.2) is 14.6 Å². The molecule has 7 nitrogen and oxygen atoms in total. The van der Waals surface area contributed by atoms with Gasteiger partial charge in [0.25, 0.3) is 0 Å². The Balaban J connectivity index is 1.46. The first-order chi connectivity index (χ1) is 10.4. The number of nitrogens with zero attached hydrogens (tertiary/aromatic N) is 5. The third kappa shape index (κ3) is 2.43. The van der Waals surface area contributed by atoms with Crippen molar-refractivity contribution in [3.05, 3.63) is 42.4 Å². The first-order valence-corrected chi connectivity index (χ1v) is 6.82. The molecule has 1 aromatic carbocycles. The van der Waals surface area contributed by atoms with Gasteiger partial charge < -0.3 is 10.1 Å². The number of para-hydroxylation sites is 1. The van der Waals surface area contributed by atoms with E-state index in [-0.39, 0.29) is 0 Å². The fourth-order valence-electron chi connectivity index (χ4n) is 2.18. The number of fused-ring (bicyclic) bond motifs is 1. The number of rotatable bonds is 4. The zero-order valence-corrected chi connectivity index (χ0v) is 11.3. The van der Waals surface area contributed by atoms with E-state index in [2.05, 4.69) is 25.6 Å². The predicted octanol–water partition coefficient (Wildman–Crippen LogP) is 1.40. The molecule has 3 heterocycles. The second-order valence-electron chi connectivity index (χ2n) is 4.99. The van der Waals surface area contributed by atoms with Crippen molar-refractivity contribution >= 4 is 16.9 Å². The molecule has 0 atom stereocenters. The van der Waals surface area contributed by atoms with Crippen LogP contribution in [0.2, 0.25) is 0 Å². The van der Waals surface area contributed by atoms with Gasteiger partial charge in [-0.05, 0) is 6.07 Å². The van der Waals surface area contributed by atoms with E-state index in [0.29, 0.717) is 31.7 Å². The second kappa shape index (κ2) is 5.10. The number of benzene rings is 1. The lowest BCUT2D eigenvalue weighted by Crippen LogP contribution is -2.30. The molecule has 1 aliphatic rings. The largest absolute Gasteiger partial charge is 0.377 e. The summed E-state index contributed by atoms with van der Waals surface area (Å²) in [5, 5.41) is 12.4. The maximum Gasteiger partial charge on any atom is 0.223 e. The van der Waals surface area contributed by atoms with Crippen molar-refractivity contribution in [1.29, 1.82) is 0 Å². The normalized spacial score (nSPS) is 15.0. The molecule has 106 valence electrons. The lowest BCUT2D eigenvalue weighted by atomic mass is 10.2. The highest BCUT2D eigenvalue weighted by atomic mass is 16.5. The van der Waals surface area contributed by atoms with E-state index in [0.717, 1.165) is 16.6 Å². The molecule has 7 heteroatoms. The van der Waals surface area contributed by atoms with E-state index in [1.165, 1.54) is 0 Å². The summed E-state index contributed by atoms with van der Waals surface area (Å²) in [5.41, 5.74) is 1.78. The minimum atomic E-state index is 0.322. The molecule has 0 bridgehead atoms. The highest BCUT2D eigenvalue weighted by Crippen LogP contribution is 2.16. The van der Waals surface area contributed by atoms with E-state index in [9.17, 15) is 0 Å². The zero-order valence-electron chi connectivity index (χ0n) is 11.3. The van der Waals surface area contributed by atoms with Crippen LogP contribution in [0.4, 0.5) is 5.95 Å². The number of aromatic nitrogens is 5. The van der Waals surface area contributed by atoms with Crippen LogP contribution in [0.1, 0.15) is 11.7 Å². The summed E-state index contributed by atoms with van der Waals surface area (Å²) in [6.07, 6.45) is 3.74. The first-order valence-electron chi connectivity index (χ1n) is 6.82. The van der Waals surface area contributed by atoms with E-state index in [4.69, 9.17) is 4.74 Å². The van der Waals surface area contributed by atoms with Crippen LogP contribution in [0.3, 0.4) is 0 Å². The predicted molar refractivity (Wildman–Crippen MR) is 76.7 cm³/mol. The van der Waals surface area contributed by atoms with Gasteiger partial charge in [-0.1, -0.05) is 23.4 Å². The summed E-state index contributed by atoms with van der Waals surface area (Å²) >= 11 is 0. The quantitative estimate of drug-likeness (QED) is 0.779. The fraction of sp³-hybridized carbons (Fsp3) is 0.286. The van der Waals surface area contributed by atoms with Crippen LogP contribution < -0.4 is 5.32 Å². The Hall–Kier alpha value is -2.54. The second-order valence-corrected chi connectivity index (χ2v) is 4.99. The summed E-state index contributed by atoms with van der Waals surface area (Å²) in [6.45, 7) is 1.97. The number of hydrogen-bond donors (Lipinski definition) is 1. The van der Waals surface area contributed by atoms with Crippen LogP contribution in [0.5, 0.6) is 0 Å². The summed E-state index contributed by atoms with van der Waals surface area (Å²) in [7, 11) is 0. The van der Waals surface area contributed by atoms with Gasteiger partial charge in [0, 0.05) is 11.6 Å². The van der Waals surface area contributed by atoms with Crippen molar-refractivity contribution in [2.45, 2.75) is 12.6 Å². The Labute approximate surface area is 121 Å². The Bertz CT molecular complexity index is 767. The summed E-state index contributed by atoms with van der Waals surface area (Å²) in [5.74, 6) is 0.593. The van der Waals surface area contributed by atoms with Gasteiger partial charge in [-0.2, -0.15) is 0 Å². The van der Waals surface area contributed by atoms with Gasteiger partial charge in [-0.15, -0.1) is 5.10 Å². The highest BCUT2D eigenvalue weighted by Gasteiger charge is 2.21. The van der Waals surface area contributed by atoms with Crippen molar-refractivity contribution in [3.63, 3.8) is 0 Å². The molecule has 1 aliphatic heterocycles. The molecule has 3 aromatic rings. The maximum absolute atomic E-state index is 5.14. The number of nitrogens with one attached hydrogen (secondary N) is 1. The fourth-order valence-corrected chi connectivity index (χ4v) is 2.18. The van der Waals surface area contributed by atoms with Crippen LogP contribution in [-0.4, -0.2) is 38.2 Å². The van der Waals surface area contributed by atoms with Gasteiger partial charge in [-0.3, -0.25) is 0 Å². The first kappa shape index (κ1) is 12.2. The van der Waals surface area contributed by atoms with Crippen molar-refractivity contribution in [3.8, 4) is 0 Å². The Morgan fingerprint density at radius 3 is 3.05 bits per heavy atom. The molecule has 4 rings (SSSR count). The average Bonchev–Trinajstić information content (AvgIpc) is 2.91. The van der Waals surface area contributed by atoms with Crippen molar-refractivity contribution in [1.82, 2.24) is 25.0 Å². The smallest absolute Gasteiger partial charge is 0.223 e. The molecule has 0 saturated carbocycles. The van der Waals surface area contributed by atoms with Crippen molar-refractivity contribution in [2.24, 2.45) is 0 Å². The van der Waals surface area contributed by atoms with E-state index in [1.54, 1.807) is 0 Å². The van der Waals surface area contributed by atoms with Crippen LogP contribution in [-0.2, 0) is 11.3 Å². The van der Waals surface area contributed by atoms with Gasteiger partial charge in [0.2, 0.25) is 5.95 Å². The van der Waals surface area contributed by atoms with E-state index >= 15 is 0 Å². The van der Waals surface area contributed by atoms with Gasteiger partial charge >= 0.3 is 0 Å². The third-order valence-electron chi connectivity index (χ3n) is 3.47. The van der Waals surface area contributed by atoms with E-state index < -0.39 is 0 Å². The molecule has 0 radical (unpaired) electrons. The number of ether oxygens (including phenoxy) is 1. The molecule has 0 amide bonds. The van der Waals surface area contributed by atoms with Gasteiger partial charge in [0.15, 0.2) is 0 Å². The Kier molecular flexibility index (Phi) is 2.97. The molecule has 0 spiro atoms.